The van der Waals surface area contributed by atoms with E-state index >= 15 is 0 Å². The summed E-state index contributed by atoms with van der Waals surface area (Å²) in [5.41, 5.74) is 7.40. The zero-order valence-electron chi connectivity index (χ0n) is 25.6. The lowest BCUT2D eigenvalue weighted by molar-refractivity contribution is -0.139. The summed E-state index contributed by atoms with van der Waals surface area (Å²) in [7, 11) is 1.61. The SMILES string of the molecule is CC[C@@H](C(=O)NCCCc1ccccc1O[C@H](C)CN[C@H](C(=O)N(C)[C@H](C)C(N)=O)C1CC1)C(C)c1ccc(F)cc1. The number of carbonyl (C=O) groups excluding carboxylic acids is 3. The maximum atomic E-state index is 13.3. The van der Waals surface area contributed by atoms with E-state index in [0.29, 0.717) is 19.5 Å². The number of nitrogens with one attached hydrogen (secondary N) is 2. The third kappa shape index (κ3) is 9.28. The molecule has 0 spiro atoms. The van der Waals surface area contributed by atoms with Gasteiger partial charge in [0, 0.05) is 26.1 Å². The second-order valence-corrected chi connectivity index (χ2v) is 11.5. The van der Waals surface area contributed by atoms with E-state index in [1.54, 1.807) is 26.1 Å². The van der Waals surface area contributed by atoms with E-state index in [2.05, 4.69) is 10.6 Å². The molecule has 4 N–H and O–H groups in total. The van der Waals surface area contributed by atoms with Crippen molar-refractivity contribution in [3.05, 3.63) is 65.5 Å². The maximum absolute atomic E-state index is 13.3. The zero-order chi connectivity index (χ0) is 30.8. The molecule has 0 bridgehead atoms. The van der Waals surface area contributed by atoms with Gasteiger partial charge in [-0.25, -0.2) is 4.39 Å². The first-order valence-electron chi connectivity index (χ1n) is 15.1. The second-order valence-electron chi connectivity index (χ2n) is 11.5. The molecule has 0 radical (unpaired) electrons. The van der Waals surface area contributed by atoms with Gasteiger partial charge in [-0.2, -0.15) is 0 Å². The molecule has 0 aliphatic heterocycles. The fraction of sp³-hybridized carbons (Fsp3) is 0.545. The molecule has 2 aromatic carbocycles. The predicted molar refractivity (Wildman–Crippen MR) is 162 cm³/mol. The van der Waals surface area contributed by atoms with Crippen molar-refractivity contribution in [2.75, 3.05) is 20.1 Å². The Morgan fingerprint density at radius 3 is 2.36 bits per heavy atom. The fourth-order valence-corrected chi connectivity index (χ4v) is 5.25. The van der Waals surface area contributed by atoms with Crippen molar-refractivity contribution < 1.29 is 23.5 Å². The topological polar surface area (TPSA) is 114 Å². The fourth-order valence-electron chi connectivity index (χ4n) is 5.25. The summed E-state index contributed by atoms with van der Waals surface area (Å²) in [6.07, 6.45) is 3.93. The number of para-hydroxylation sites is 1. The van der Waals surface area contributed by atoms with Gasteiger partial charge in [0.1, 0.15) is 23.7 Å². The standard InChI is InChI=1S/C33H47FN4O4/c1-6-28(22(3)24-15-17-27(34)18-16-24)32(40)36-19-9-11-25-10-7-8-12-29(25)42-21(2)20-37-30(26-13-14-26)33(41)38(5)23(4)31(35)39/h7-8,10,12,15-18,21-23,26,28,30,37H,6,9,11,13-14,19-20H2,1-5H3,(H2,35,39)(H,36,40)/t21-,22?,23-,28-,30+/m1/s1. The minimum Gasteiger partial charge on any atom is -0.489 e. The van der Waals surface area contributed by atoms with Crippen molar-refractivity contribution in [3.63, 3.8) is 0 Å². The number of halogens is 1. The Kier molecular flexibility index (Phi) is 12.3. The van der Waals surface area contributed by atoms with E-state index in [-0.39, 0.29) is 47.5 Å². The second kappa shape index (κ2) is 15.7. The molecule has 0 heterocycles. The summed E-state index contributed by atoms with van der Waals surface area (Å²) >= 11 is 0. The van der Waals surface area contributed by atoms with E-state index in [9.17, 15) is 18.8 Å². The van der Waals surface area contributed by atoms with Crippen molar-refractivity contribution in [2.24, 2.45) is 17.6 Å². The molecule has 8 nitrogen and oxygen atoms in total. The summed E-state index contributed by atoms with van der Waals surface area (Å²) < 4.78 is 19.6. The van der Waals surface area contributed by atoms with E-state index in [4.69, 9.17) is 10.5 Å². The van der Waals surface area contributed by atoms with Gasteiger partial charge in [-0.3, -0.25) is 14.4 Å². The van der Waals surface area contributed by atoms with Crippen molar-refractivity contribution in [2.45, 2.75) is 83.9 Å². The number of ether oxygens (including phenoxy) is 1. The number of amides is 3. The number of nitrogens with two attached hydrogens (primary N) is 1. The van der Waals surface area contributed by atoms with Crippen molar-refractivity contribution in [3.8, 4) is 5.75 Å². The lowest BCUT2D eigenvalue weighted by atomic mass is 9.85. The number of aryl methyl sites for hydroxylation is 1. The van der Waals surface area contributed by atoms with Crippen LogP contribution in [0.3, 0.4) is 0 Å². The van der Waals surface area contributed by atoms with Gasteiger partial charge in [0.25, 0.3) is 0 Å². The zero-order valence-corrected chi connectivity index (χ0v) is 25.6. The van der Waals surface area contributed by atoms with Crippen LogP contribution in [-0.2, 0) is 20.8 Å². The van der Waals surface area contributed by atoms with Crippen LogP contribution in [-0.4, -0.2) is 60.9 Å². The lowest BCUT2D eigenvalue weighted by Crippen LogP contribution is -2.53. The number of carbonyl (C=O) groups is 3. The van der Waals surface area contributed by atoms with Crippen LogP contribution in [0.4, 0.5) is 4.39 Å². The molecule has 0 saturated heterocycles. The van der Waals surface area contributed by atoms with Crippen LogP contribution >= 0.6 is 0 Å². The quantitative estimate of drug-likeness (QED) is 0.242. The molecule has 230 valence electrons. The largest absolute Gasteiger partial charge is 0.489 e. The minimum absolute atomic E-state index is 0.00851. The number of hydrogen-bond acceptors (Lipinski definition) is 5. The summed E-state index contributed by atoms with van der Waals surface area (Å²) in [6.45, 7) is 8.61. The average Bonchev–Trinajstić information content (AvgIpc) is 3.81. The Bertz CT molecular complexity index is 1190. The first-order valence-corrected chi connectivity index (χ1v) is 15.1. The number of rotatable bonds is 17. The summed E-state index contributed by atoms with van der Waals surface area (Å²) in [5.74, 6) is -0.103. The number of likely N-dealkylation sites (N-methyl/N-ethyl adjacent to an activating group) is 1. The predicted octanol–water partition coefficient (Wildman–Crippen LogP) is 4.17. The molecule has 1 unspecified atom stereocenters. The van der Waals surface area contributed by atoms with Crippen LogP contribution in [0.5, 0.6) is 5.75 Å². The van der Waals surface area contributed by atoms with Crippen molar-refractivity contribution in [1.29, 1.82) is 0 Å². The van der Waals surface area contributed by atoms with Gasteiger partial charge >= 0.3 is 0 Å². The van der Waals surface area contributed by atoms with E-state index in [1.165, 1.54) is 17.0 Å². The van der Waals surface area contributed by atoms with E-state index < -0.39 is 11.9 Å². The van der Waals surface area contributed by atoms with Gasteiger partial charge in [-0.1, -0.05) is 44.2 Å². The van der Waals surface area contributed by atoms with Crippen LogP contribution in [0.15, 0.2) is 48.5 Å². The Hall–Kier alpha value is -3.46. The minimum atomic E-state index is -0.669. The van der Waals surface area contributed by atoms with Gasteiger partial charge in [0.05, 0.1) is 6.04 Å². The number of hydrogen-bond donors (Lipinski definition) is 3. The Balaban J connectivity index is 1.49. The highest BCUT2D eigenvalue weighted by molar-refractivity contribution is 5.89. The molecule has 1 saturated carbocycles. The molecular formula is C33H47FN4O4. The molecule has 2 aromatic rings. The number of benzene rings is 2. The lowest BCUT2D eigenvalue weighted by Gasteiger charge is -2.29. The molecule has 9 heteroatoms. The molecule has 1 aliphatic rings. The summed E-state index contributed by atoms with van der Waals surface area (Å²) in [4.78, 5) is 39.0. The molecule has 0 aromatic heterocycles. The van der Waals surface area contributed by atoms with E-state index in [1.807, 2.05) is 45.0 Å². The molecule has 5 atom stereocenters. The van der Waals surface area contributed by atoms with Crippen LogP contribution in [0.1, 0.15) is 70.4 Å². The molecule has 1 fully saturated rings. The normalized spacial score (nSPS) is 16.5. The van der Waals surface area contributed by atoms with Gasteiger partial charge in [-0.05, 0) is 87.1 Å². The van der Waals surface area contributed by atoms with Crippen LogP contribution < -0.4 is 21.1 Å². The maximum Gasteiger partial charge on any atom is 0.240 e. The van der Waals surface area contributed by atoms with Crippen LogP contribution in [0.25, 0.3) is 0 Å². The molecule has 3 rings (SSSR count). The Morgan fingerprint density at radius 1 is 1.07 bits per heavy atom. The number of primary amides is 1. The van der Waals surface area contributed by atoms with Gasteiger partial charge in [0.2, 0.25) is 17.7 Å². The Labute approximate surface area is 249 Å². The smallest absolute Gasteiger partial charge is 0.240 e. The average molecular weight is 583 g/mol. The monoisotopic (exact) mass is 582 g/mol. The van der Waals surface area contributed by atoms with Gasteiger partial charge in [-0.15, -0.1) is 0 Å². The van der Waals surface area contributed by atoms with Crippen LogP contribution in [0.2, 0.25) is 0 Å². The van der Waals surface area contributed by atoms with Gasteiger partial charge in [0.15, 0.2) is 0 Å². The highest BCUT2D eigenvalue weighted by atomic mass is 19.1. The third-order valence-electron chi connectivity index (χ3n) is 8.32. The Morgan fingerprint density at radius 2 is 1.74 bits per heavy atom. The van der Waals surface area contributed by atoms with Crippen molar-refractivity contribution >= 4 is 17.7 Å². The first-order chi connectivity index (χ1) is 20.0. The van der Waals surface area contributed by atoms with E-state index in [0.717, 1.165) is 42.6 Å². The third-order valence-corrected chi connectivity index (χ3v) is 8.32. The highest BCUT2D eigenvalue weighted by Crippen LogP contribution is 2.34. The van der Waals surface area contributed by atoms with Crippen LogP contribution in [0, 0.1) is 17.7 Å². The highest BCUT2D eigenvalue weighted by Gasteiger charge is 2.39. The molecule has 42 heavy (non-hydrogen) atoms. The molecule has 1 aliphatic carbocycles. The first kappa shape index (κ1) is 33.0. The molecular weight excluding hydrogens is 535 g/mol. The summed E-state index contributed by atoms with van der Waals surface area (Å²) in [6, 6.07) is 13.2. The number of nitrogens with zero attached hydrogens (tertiary/aromatic N) is 1. The summed E-state index contributed by atoms with van der Waals surface area (Å²) in [5, 5.41) is 6.45. The van der Waals surface area contributed by atoms with Gasteiger partial charge < -0.3 is 26.0 Å². The molecule has 3 amide bonds. The van der Waals surface area contributed by atoms with Crippen molar-refractivity contribution in [1.82, 2.24) is 15.5 Å².